The zero-order valence-electron chi connectivity index (χ0n) is 13.8. The summed E-state index contributed by atoms with van der Waals surface area (Å²) >= 11 is 5.98. The van der Waals surface area contributed by atoms with Crippen molar-refractivity contribution in [3.05, 3.63) is 33.5 Å². The number of halogens is 3. The molecule has 2 fully saturated rings. The lowest BCUT2D eigenvalue weighted by Crippen LogP contribution is -2.45. The van der Waals surface area contributed by atoms with E-state index in [1.165, 1.54) is 6.07 Å². The van der Waals surface area contributed by atoms with Crippen molar-refractivity contribution >= 4 is 35.0 Å². The van der Waals surface area contributed by atoms with Crippen molar-refractivity contribution in [2.75, 3.05) is 26.3 Å². The first-order valence-corrected chi connectivity index (χ1v) is 8.92. The van der Waals surface area contributed by atoms with Crippen LogP contribution in [0.5, 0.6) is 0 Å². The minimum absolute atomic E-state index is 0. The summed E-state index contributed by atoms with van der Waals surface area (Å²) in [5.41, 5.74) is 0.557. The summed E-state index contributed by atoms with van der Waals surface area (Å²) in [6.45, 7) is 3.59. The van der Waals surface area contributed by atoms with E-state index in [-0.39, 0.29) is 29.7 Å². The fourth-order valence-corrected chi connectivity index (χ4v) is 4.27. The number of ether oxygens (including phenoxy) is 1. The summed E-state index contributed by atoms with van der Waals surface area (Å²) in [6.07, 6.45) is 3.94. The van der Waals surface area contributed by atoms with Gasteiger partial charge in [0.15, 0.2) is 0 Å². The zero-order valence-corrected chi connectivity index (χ0v) is 15.4. The Morgan fingerprint density at radius 3 is 2.48 bits per heavy atom. The minimum Gasteiger partial charge on any atom is -0.381 e. The average molecular weight is 390 g/mol. The lowest BCUT2D eigenvalue weighted by Gasteiger charge is -2.39. The number of likely N-dealkylation sites (tertiary alicyclic amines) is 1. The van der Waals surface area contributed by atoms with Crippen LogP contribution in [-0.4, -0.2) is 46.8 Å². The van der Waals surface area contributed by atoms with Crippen LogP contribution in [-0.2, 0) is 4.74 Å². The molecular weight excluding hydrogens is 368 g/mol. The molecule has 138 valence electrons. The number of fused-ring (bicyclic) bond motifs is 1. The van der Waals surface area contributed by atoms with E-state index in [2.05, 4.69) is 9.88 Å². The molecule has 0 radical (unpaired) electrons. The highest BCUT2D eigenvalue weighted by atomic mass is 35.5. The first kappa shape index (κ1) is 18.7. The number of hydrogen-bond donors (Lipinski definition) is 1. The van der Waals surface area contributed by atoms with Gasteiger partial charge in [0.25, 0.3) is 0 Å². The summed E-state index contributed by atoms with van der Waals surface area (Å²) in [7, 11) is 0. The van der Waals surface area contributed by atoms with Gasteiger partial charge in [0.05, 0.1) is 5.52 Å². The molecule has 1 aromatic heterocycles. The molecule has 1 N–H and O–H groups in total. The van der Waals surface area contributed by atoms with Crippen LogP contribution < -0.4 is 5.69 Å². The van der Waals surface area contributed by atoms with E-state index in [1.807, 2.05) is 0 Å². The third-order valence-corrected chi connectivity index (χ3v) is 5.53. The fourth-order valence-electron chi connectivity index (χ4n) is 4.07. The van der Waals surface area contributed by atoms with Gasteiger partial charge in [-0.05, 0) is 37.8 Å². The van der Waals surface area contributed by atoms with Crippen molar-refractivity contribution in [1.29, 1.82) is 0 Å². The number of nitrogens with zero attached hydrogens (tertiary/aromatic N) is 2. The standard InChI is InChI=1S/C17H21ClFN3O2.ClH/c18-11-9-14(19)16-15(10-11)22(17(23)20-16)13-1-5-21(6-2-13)12-3-7-24-8-4-12;/h9-10,12-13H,1-8H2,(H,20,23);1H. The molecule has 0 spiro atoms. The summed E-state index contributed by atoms with van der Waals surface area (Å²) in [5.74, 6) is -0.479. The van der Waals surface area contributed by atoms with Gasteiger partial charge in [-0.15, -0.1) is 12.4 Å². The second kappa shape index (κ2) is 7.66. The molecule has 1 aromatic carbocycles. The Morgan fingerprint density at radius 2 is 1.80 bits per heavy atom. The quantitative estimate of drug-likeness (QED) is 0.856. The molecule has 0 amide bonds. The molecule has 0 saturated carbocycles. The van der Waals surface area contributed by atoms with Gasteiger partial charge in [0, 0.05) is 43.4 Å². The predicted molar refractivity (Wildman–Crippen MR) is 98.5 cm³/mol. The number of hydrogen-bond acceptors (Lipinski definition) is 3. The van der Waals surface area contributed by atoms with Crippen LogP contribution in [0.25, 0.3) is 11.0 Å². The van der Waals surface area contributed by atoms with Crippen molar-refractivity contribution in [3.8, 4) is 0 Å². The lowest BCUT2D eigenvalue weighted by molar-refractivity contribution is 0.0220. The van der Waals surface area contributed by atoms with Crippen LogP contribution in [0, 0.1) is 5.82 Å². The van der Waals surface area contributed by atoms with Crippen LogP contribution in [0.2, 0.25) is 5.02 Å². The van der Waals surface area contributed by atoms with Gasteiger partial charge < -0.3 is 14.6 Å². The maximum atomic E-state index is 14.0. The van der Waals surface area contributed by atoms with Crippen molar-refractivity contribution < 1.29 is 9.13 Å². The molecule has 8 heteroatoms. The number of imidazole rings is 1. The summed E-state index contributed by atoms with van der Waals surface area (Å²) in [4.78, 5) is 17.5. The van der Waals surface area contributed by atoms with Crippen molar-refractivity contribution in [2.24, 2.45) is 0 Å². The first-order valence-electron chi connectivity index (χ1n) is 8.54. The van der Waals surface area contributed by atoms with Gasteiger partial charge in [-0.3, -0.25) is 4.57 Å². The van der Waals surface area contributed by atoms with E-state index in [0.29, 0.717) is 16.6 Å². The molecular formula is C17H22Cl2FN3O2. The number of nitrogens with one attached hydrogen (secondary N) is 1. The number of H-pyrrole nitrogens is 1. The maximum Gasteiger partial charge on any atom is 0.326 e. The highest BCUT2D eigenvalue weighted by Gasteiger charge is 2.29. The Kier molecular flexibility index (Phi) is 5.73. The topological polar surface area (TPSA) is 50.3 Å². The smallest absolute Gasteiger partial charge is 0.326 e. The molecule has 3 heterocycles. The molecule has 4 rings (SSSR count). The number of piperidine rings is 1. The van der Waals surface area contributed by atoms with E-state index >= 15 is 0 Å². The van der Waals surface area contributed by atoms with Crippen molar-refractivity contribution in [1.82, 2.24) is 14.5 Å². The Balaban J connectivity index is 0.00000182. The van der Waals surface area contributed by atoms with Crippen LogP contribution in [0.3, 0.4) is 0 Å². The Morgan fingerprint density at radius 1 is 1.12 bits per heavy atom. The van der Waals surface area contributed by atoms with Gasteiger partial charge in [-0.25, -0.2) is 9.18 Å². The first-order chi connectivity index (χ1) is 11.6. The molecule has 0 bridgehead atoms. The molecule has 2 aromatic rings. The second-order valence-corrected chi connectivity index (χ2v) is 7.13. The molecule has 0 unspecified atom stereocenters. The summed E-state index contributed by atoms with van der Waals surface area (Å²) in [6, 6.07) is 3.58. The highest BCUT2D eigenvalue weighted by molar-refractivity contribution is 6.31. The SMILES string of the molecule is Cl.O=c1[nH]c2c(F)cc(Cl)cc2n1C1CCN(C2CCOCC2)CC1. The Bertz CT molecular complexity index is 793. The van der Waals surface area contributed by atoms with Gasteiger partial charge in [0.1, 0.15) is 11.3 Å². The van der Waals surface area contributed by atoms with E-state index in [0.717, 1.165) is 52.0 Å². The van der Waals surface area contributed by atoms with Gasteiger partial charge >= 0.3 is 5.69 Å². The van der Waals surface area contributed by atoms with Crippen LogP contribution in [0.1, 0.15) is 31.7 Å². The molecule has 0 atom stereocenters. The number of aromatic nitrogens is 2. The fraction of sp³-hybridized carbons (Fsp3) is 0.588. The maximum absolute atomic E-state index is 14.0. The van der Waals surface area contributed by atoms with E-state index in [1.54, 1.807) is 10.6 Å². The average Bonchev–Trinajstić information content (AvgIpc) is 2.92. The zero-order chi connectivity index (χ0) is 16.7. The van der Waals surface area contributed by atoms with Crippen LogP contribution in [0.4, 0.5) is 4.39 Å². The molecule has 0 aliphatic carbocycles. The monoisotopic (exact) mass is 389 g/mol. The van der Waals surface area contributed by atoms with E-state index in [4.69, 9.17) is 16.3 Å². The molecule has 2 saturated heterocycles. The van der Waals surface area contributed by atoms with Gasteiger partial charge in [0.2, 0.25) is 0 Å². The predicted octanol–water partition coefficient (Wildman–Crippen LogP) is 3.36. The van der Waals surface area contributed by atoms with E-state index in [9.17, 15) is 9.18 Å². The Labute approximate surface area is 156 Å². The third-order valence-electron chi connectivity index (χ3n) is 5.32. The normalized spacial score (nSPS) is 20.7. The number of benzene rings is 1. The Hall–Kier alpha value is -1.08. The van der Waals surface area contributed by atoms with Crippen molar-refractivity contribution in [3.63, 3.8) is 0 Å². The van der Waals surface area contributed by atoms with Crippen LogP contribution >= 0.6 is 24.0 Å². The second-order valence-electron chi connectivity index (χ2n) is 6.69. The summed E-state index contributed by atoms with van der Waals surface area (Å²) < 4.78 is 21.1. The molecule has 2 aliphatic heterocycles. The lowest BCUT2D eigenvalue weighted by atomic mass is 9.99. The largest absolute Gasteiger partial charge is 0.381 e. The molecule has 5 nitrogen and oxygen atoms in total. The highest BCUT2D eigenvalue weighted by Crippen LogP contribution is 2.29. The van der Waals surface area contributed by atoms with Crippen LogP contribution in [0.15, 0.2) is 16.9 Å². The molecule has 25 heavy (non-hydrogen) atoms. The third kappa shape index (κ3) is 3.58. The van der Waals surface area contributed by atoms with E-state index < -0.39 is 5.82 Å². The van der Waals surface area contributed by atoms with Gasteiger partial charge in [-0.1, -0.05) is 11.6 Å². The van der Waals surface area contributed by atoms with Crippen molar-refractivity contribution in [2.45, 2.75) is 37.8 Å². The number of aromatic amines is 1. The molecule has 2 aliphatic rings. The minimum atomic E-state index is -0.479. The number of rotatable bonds is 2. The van der Waals surface area contributed by atoms with Gasteiger partial charge in [-0.2, -0.15) is 0 Å². The summed E-state index contributed by atoms with van der Waals surface area (Å²) in [5, 5.41) is 0.312.